The van der Waals surface area contributed by atoms with Gasteiger partial charge in [0.1, 0.15) is 11.7 Å². The van der Waals surface area contributed by atoms with Gasteiger partial charge in [-0.1, -0.05) is 6.92 Å². The predicted octanol–water partition coefficient (Wildman–Crippen LogP) is 3.24. The zero-order valence-electron chi connectivity index (χ0n) is 40.2. The Labute approximate surface area is 356 Å². The van der Waals surface area contributed by atoms with Crippen LogP contribution in [0.25, 0.3) is 0 Å². The molecule has 0 saturated carbocycles. The highest BCUT2D eigenvalue weighted by atomic mass is 16.6. The lowest BCUT2D eigenvalue weighted by atomic mass is 9.93. The normalized spacial score (nSPS) is 15.3. The minimum absolute atomic E-state index is 0.00212. The molecule has 3 atom stereocenters. The van der Waals surface area contributed by atoms with Gasteiger partial charge in [-0.15, -0.1) is 0 Å². The summed E-state index contributed by atoms with van der Waals surface area (Å²) in [4.78, 5) is 7.09. The standard InChI is InChI=1S/C44H96N6O8/c1-15-41(7,8)58-38(3)35-53-36-43(11,12)56-30-27-49(40(5,6)34-37(2)54-31-29-52)24-25-50(26-28-51)44(13,14)39(4)55-32-33-57-42(9,10)16-19-47-20-23-48(21-17-45)22-18-46/h37-39,47,51-52H,15-36,45-46H2,1-14H3/p+1. The molecule has 0 aliphatic rings. The third-order valence-electron chi connectivity index (χ3n) is 11.4. The first kappa shape index (κ1) is 57.4. The third-order valence-corrected chi connectivity index (χ3v) is 11.4. The summed E-state index contributed by atoms with van der Waals surface area (Å²) >= 11 is 0. The van der Waals surface area contributed by atoms with Crippen molar-refractivity contribution < 1.29 is 38.6 Å². The Kier molecular flexibility index (Phi) is 29.4. The van der Waals surface area contributed by atoms with Crippen LogP contribution in [0.2, 0.25) is 0 Å². The molecule has 0 rings (SSSR count). The van der Waals surface area contributed by atoms with Gasteiger partial charge in [-0.2, -0.15) is 0 Å². The summed E-state index contributed by atoms with van der Waals surface area (Å²) in [7, 11) is 0. The highest BCUT2D eigenvalue weighted by Gasteiger charge is 2.36. The number of nitrogens with zero attached hydrogens (tertiary/aromatic N) is 3. The van der Waals surface area contributed by atoms with Crippen LogP contribution in [0.3, 0.4) is 0 Å². The number of rotatable bonds is 39. The Morgan fingerprint density at radius 1 is 0.638 bits per heavy atom. The van der Waals surface area contributed by atoms with Crippen LogP contribution in [-0.4, -0.2) is 201 Å². The Hall–Kier alpha value is -0.560. The van der Waals surface area contributed by atoms with Gasteiger partial charge in [-0.25, -0.2) is 0 Å². The van der Waals surface area contributed by atoms with Gasteiger partial charge < -0.3 is 55.4 Å². The van der Waals surface area contributed by atoms with E-state index in [0.717, 1.165) is 71.6 Å². The predicted molar refractivity (Wildman–Crippen MR) is 240 cm³/mol. The van der Waals surface area contributed by atoms with E-state index in [0.29, 0.717) is 59.3 Å². The van der Waals surface area contributed by atoms with Crippen LogP contribution in [0.4, 0.5) is 0 Å². The van der Waals surface area contributed by atoms with Gasteiger partial charge in [0, 0.05) is 76.5 Å². The van der Waals surface area contributed by atoms with E-state index in [9.17, 15) is 10.2 Å². The zero-order valence-corrected chi connectivity index (χ0v) is 40.2. The Morgan fingerprint density at radius 2 is 1.26 bits per heavy atom. The summed E-state index contributed by atoms with van der Waals surface area (Å²) in [6, 6.07) is 0. The SMILES string of the molecule is CCC(C)(C)OC(C)C[OH+]CC(C)(C)OCCN(CCN(CCO)C(C)(C)C(C)OCCOC(C)(C)CCNCCN(CCN)CCN)C(C)(C)CC(C)OCCO. The maximum absolute atomic E-state index is 10.2. The van der Waals surface area contributed by atoms with E-state index in [-0.39, 0.29) is 53.8 Å². The van der Waals surface area contributed by atoms with E-state index < -0.39 is 5.60 Å². The van der Waals surface area contributed by atoms with Crippen molar-refractivity contribution in [2.45, 2.75) is 162 Å². The molecule has 350 valence electrons. The number of aliphatic hydroxyl groups excluding tert-OH is 2. The molecule has 0 saturated heterocycles. The van der Waals surface area contributed by atoms with Crippen LogP contribution in [-0.2, 0) is 23.7 Å². The number of nitrogens with two attached hydrogens (primary N) is 2. The molecule has 0 aromatic carbocycles. The van der Waals surface area contributed by atoms with Gasteiger partial charge in [0.05, 0.1) is 63.1 Å². The van der Waals surface area contributed by atoms with Crippen molar-refractivity contribution in [3.05, 3.63) is 0 Å². The fraction of sp³-hybridized carbons (Fsp3) is 1.00. The lowest BCUT2D eigenvalue weighted by Crippen LogP contribution is -2.57. The van der Waals surface area contributed by atoms with Gasteiger partial charge in [0.15, 0.2) is 13.2 Å². The molecule has 0 aliphatic carbocycles. The highest BCUT2D eigenvalue weighted by molar-refractivity contribution is 4.91. The van der Waals surface area contributed by atoms with Crippen LogP contribution in [0.15, 0.2) is 0 Å². The van der Waals surface area contributed by atoms with Crippen molar-refractivity contribution in [3.63, 3.8) is 0 Å². The maximum atomic E-state index is 10.2. The quantitative estimate of drug-likeness (QED) is 0.0452. The van der Waals surface area contributed by atoms with Crippen LogP contribution in [0, 0.1) is 0 Å². The Bertz CT molecular complexity index is 999. The van der Waals surface area contributed by atoms with E-state index in [1.807, 2.05) is 0 Å². The van der Waals surface area contributed by atoms with Crippen molar-refractivity contribution in [1.82, 2.24) is 20.0 Å². The van der Waals surface area contributed by atoms with Crippen LogP contribution >= 0.6 is 0 Å². The van der Waals surface area contributed by atoms with Crippen molar-refractivity contribution in [2.75, 3.05) is 125 Å². The van der Waals surface area contributed by atoms with Crippen molar-refractivity contribution in [1.29, 1.82) is 0 Å². The molecule has 0 fully saturated rings. The summed E-state index contributed by atoms with van der Waals surface area (Å²) in [5.74, 6) is 0. The van der Waals surface area contributed by atoms with Crippen LogP contribution < -0.4 is 16.8 Å². The molecule has 0 radical (unpaired) electrons. The Balaban J connectivity index is 5.37. The minimum atomic E-state index is -0.418. The van der Waals surface area contributed by atoms with E-state index in [1.54, 1.807) is 0 Å². The summed E-state index contributed by atoms with van der Waals surface area (Å²) in [6.07, 6.45) is 2.54. The molecule has 0 aromatic heterocycles. The fourth-order valence-electron chi connectivity index (χ4n) is 7.10. The number of hydrogen-bond donors (Lipinski definition) is 5. The van der Waals surface area contributed by atoms with E-state index in [1.165, 1.54) is 0 Å². The van der Waals surface area contributed by atoms with E-state index in [4.69, 9.17) is 39.9 Å². The fourth-order valence-corrected chi connectivity index (χ4v) is 7.10. The van der Waals surface area contributed by atoms with Gasteiger partial charge >= 0.3 is 0 Å². The highest BCUT2D eigenvalue weighted by Crippen LogP contribution is 2.26. The first-order valence-corrected chi connectivity index (χ1v) is 22.4. The summed E-state index contributed by atoms with van der Waals surface area (Å²) in [6.45, 7) is 41.5. The molecule has 0 heterocycles. The summed E-state index contributed by atoms with van der Waals surface area (Å²) in [5.41, 5.74) is 10.0. The second-order valence-corrected chi connectivity index (χ2v) is 19.0. The topological polar surface area (TPSA) is 173 Å². The molecule has 3 unspecified atom stereocenters. The molecule has 0 aromatic rings. The second-order valence-electron chi connectivity index (χ2n) is 19.0. The molecule has 58 heavy (non-hydrogen) atoms. The smallest absolute Gasteiger partial charge is 0.173 e. The largest absolute Gasteiger partial charge is 0.430 e. The monoisotopic (exact) mass is 838 g/mol. The van der Waals surface area contributed by atoms with Crippen molar-refractivity contribution >= 4 is 0 Å². The van der Waals surface area contributed by atoms with Crippen LogP contribution in [0.1, 0.15) is 116 Å². The Morgan fingerprint density at radius 3 is 1.84 bits per heavy atom. The second kappa shape index (κ2) is 29.7. The molecule has 14 nitrogen and oxygen atoms in total. The lowest BCUT2D eigenvalue weighted by molar-refractivity contribution is -0.183. The minimum Gasteiger partial charge on any atom is -0.430 e. The van der Waals surface area contributed by atoms with Crippen molar-refractivity contribution in [2.24, 2.45) is 11.5 Å². The van der Waals surface area contributed by atoms with Gasteiger partial charge in [-0.05, 0) is 116 Å². The van der Waals surface area contributed by atoms with E-state index in [2.05, 4.69) is 117 Å². The number of nitrogens with one attached hydrogen (secondary N) is 1. The molecule has 0 spiro atoms. The maximum Gasteiger partial charge on any atom is 0.173 e. The number of aliphatic hydroxyl groups is 4. The van der Waals surface area contributed by atoms with Gasteiger partial charge in [-0.3, -0.25) is 14.7 Å². The first-order valence-electron chi connectivity index (χ1n) is 22.4. The summed E-state index contributed by atoms with van der Waals surface area (Å²) in [5, 5.41) is 23.1. The molecule has 8 N–H and O–H groups in total. The van der Waals surface area contributed by atoms with Gasteiger partial charge in [0.25, 0.3) is 0 Å². The number of ether oxygens (including phenoxy) is 6. The van der Waals surface area contributed by atoms with Crippen molar-refractivity contribution in [3.8, 4) is 0 Å². The average molecular weight is 838 g/mol. The molecular weight excluding hydrogens is 741 g/mol. The van der Waals surface area contributed by atoms with Crippen LogP contribution in [0.5, 0.6) is 0 Å². The van der Waals surface area contributed by atoms with E-state index >= 15 is 0 Å². The third kappa shape index (κ3) is 26.0. The van der Waals surface area contributed by atoms with Gasteiger partial charge in [0.2, 0.25) is 0 Å². The summed E-state index contributed by atoms with van der Waals surface area (Å²) < 4.78 is 36.0. The lowest BCUT2D eigenvalue weighted by Gasteiger charge is -2.46. The number of hydrogen-bond acceptors (Lipinski definition) is 13. The molecule has 0 aliphatic heterocycles. The molecule has 0 bridgehead atoms. The molecule has 14 heteroatoms. The average Bonchev–Trinajstić information content (AvgIpc) is 3.12. The number of β-amino-alcohol motifs (C(OH)–C–C–N with tert-alkyl or cyclic N) is 1. The first-order chi connectivity index (χ1) is 27.0. The zero-order chi connectivity index (χ0) is 44.5. The molecule has 0 amide bonds. The molecular formula is C44H97N6O8+.